The van der Waals surface area contributed by atoms with Crippen molar-refractivity contribution in [3.8, 4) is 11.3 Å². The number of rotatable bonds is 1. The fourth-order valence-electron chi connectivity index (χ4n) is 2.05. The molecule has 0 saturated carbocycles. The summed E-state index contributed by atoms with van der Waals surface area (Å²) in [7, 11) is 1.98. The molecule has 0 unspecified atom stereocenters. The van der Waals surface area contributed by atoms with Crippen molar-refractivity contribution in [3.63, 3.8) is 0 Å². The number of hydrogen-bond donors (Lipinski definition) is 0. The molecule has 0 atom stereocenters. The Balaban J connectivity index is 2.26. The molecule has 0 spiro atoms. The predicted octanol–water partition coefficient (Wildman–Crippen LogP) is 2.73. The highest BCUT2D eigenvalue weighted by Gasteiger charge is 2.09. The van der Waals surface area contributed by atoms with Gasteiger partial charge < -0.3 is 0 Å². The SMILES string of the molecule is C[n+]1nc(-c2ccccc2)cc2ccccc21. The van der Waals surface area contributed by atoms with Crippen LogP contribution in [0.3, 0.4) is 0 Å². The monoisotopic (exact) mass is 221 g/mol. The molecular weight excluding hydrogens is 208 g/mol. The van der Waals surface area contributed by atoms with Gasteiger partial charge in [-0.2, -0.15) is 0 Å². The second-order valence-electron chi connectivity index (χ2n) is 4.08. The van der Waals surface area contributed by atoms with Gasteiger partial charge in [0.15, 0.2) is 7.05 Å². The van der Waals surface area contributed by atoms with E-state index in [-0.39, 0.29) is 0 Å². The molecule has 82 valence electrons. The number of fused-ring (bicyclic) bond motifs is 1. The second-order valence-corrected chi connectivity index (χ2v) is 4.08. The summed E-state index contributed by atoms with van der Waals surface area (Å²) in [6.07, 6.45) is 0. The van der Waals surface area contributed by atoms with Gasteiger partial charge in [-0.05, 0) is 12.1 Å². The Labute approximate surface area is 100 Å². The average Bonchev–Trinajstić information content (AvgIpc) is 2.40. The number of benzene rings is 2. The summed E-state index contributed by atoms with van der Waals surface area (Å²) in [5.41, 5.74) is 3.30. The van der Waals surface area contributed by atoms with Crippen molar-refractivity contribution in [1.82, 2.24) is 5.10 Å². The van der Waals surface area contributed by atoms with E-state index in [4.69, 9.17) is 0 Å². The fraction of sp³-hybridized carbons (Fsp3) is 0.0667. The molecule has 0 N–H and O–H groups in total. The summed E-state index contributed by atoms with van der Waals surface area (Å²) >= 11 is 0. The Bertz CT molecular complexity index is 660. The first-order valence-electron chi connectivity index (χ1n) is 5.66. The van der Waals surface area contributed by atoms with Crippen LogP contribution in [-0.2, 0) is 7.05 Å². The van der Waals surface area contributed by atoms with E-state index < -0.39 is 0 Å². The van der Waals surface area contributed by atoms with Crippen LogP contribution in [-0.4, -0.2) is 5.10 Å². The number of para-hydroxylation sites is 1. The lowest BCUT2D eigenvalue weighted by atomic mass is 10.1. The van der Waals surface area contributed by atoms with Crippen LogP contribution in [0, 0.1) is 0 Å². The van der Waals surface area contributed by atoms with E-state index in [9.17, 15) is 0 Å². The van der Waals surface area contributed by atoms with Gasteiger partial charge in [-0.25, -0.2) is 0 Å². The van der Waals surface area contributed by atoms with Crippen molar-refractivity contribution >= 4 is 10.9 Å². The largest absolute Gasteiger partial charge is 0.238 e. The number of aryl methyl sites for hydroxylation is 1. The minimum Gasteiger partial charge on any atom is -0.0859 e. The standard InChI is InChI=1S/C15H13N2/c1-17-15-10-6-5-9-13(15)11-14(16-17)12-7-3-2-4-8-12/h2-11H,1H3/q+1. The van der Waals surface area contributed by atoms with E-state index >= 15 is 0 Å². The predicted molar refractivity (Wildman–Crippen MR) is 68.4 cm³/mol. The first kappa shape index (κ1) is 9.97. The zero-order chi connectivity index (χ0) is 11.7. The molecule has 3 rings (SSSR count). The van der Waals surface area contributed by atoms with Crippen LogP contribution >= 0.6 is 0 Å². The highest BCUT2D eigenvalue weighted by Crippen LogP contribution is 2.18. The molecule has 3 aromatic rings. The van der Waals surface area contributed by atoms with Crippen molar-refractivity contribution in [1.29, 1.82) is 0 Å². The molecule has 2 aromatic carbocycles. The number of aromatic nitrogens is 2. The third-order valence-electron chi connectivity index (χ3n) is 2.90. The molecular formula is C15H13N2+. The van der Waals surface area contributed by atoms with Crippen LogP contribution in [0.4, 0.5) is 0 Å². The molecule has 0 aliphatic heterocycles. The van der Waals surface area contributed by atoms with E-state index in [1.807, 2.05) is 36.0 Å². The van der Waals surface area contributed by atoms with Crippen molar-refractivity contribution in [2.24, 2.45) is 7.05 Å². The second kappa shape index (κ2) is 3.98. The van der Waals surface area contributed by atoms with Crippen LogP contribution < -0.4 is 4.68 Å². The van der Waals surface area contributed by atoms with E-state index in [0.717, 1.165) is 16.8 Å². The molecule has 0 bridgehead atoms. The van der Waals surface area contributed by atoms with Crippen molar-refractivity contribution in [3.05, 3.63) is 60.7 Å². The Morgan fingerprint density at radius 1 is 0.882 bits per heavy atom. The molecule has 0 fully saturated rings. The van der Waals surface area contributed by atoms with Gasteiger partial charge in [-0.3, -0.25) is 0 Å². The summed E-state index contributed by atoms with van der Waals surface area (Å²) in [6, 6.07) is 20.7. The fourth-order valence-corrected chi connectivity index (χ4v) is 2.05. The van der Waals surface area contributed by atoms with Crippen LogP contribution in [0.25, 0.3) is 22.2 Å². The lowest BCUT2D eigenvalue weighted by molar-refractivity contribution is -0.704. The van der Waals surface area contributed by atoms with Crippen molar-refractivity contribution in [2.75, 3.05) is 0 Å². The topological polar surface area (TPSA) is 16.8 Å². The Kier molecular flexibility index (Phi) is 2.33. The highest BCUT2D eigenvalue weighted by atomic mass is 15.2. The molecule has 0 amide bonds. The molecule has 17 heavy (non-hydrogen) atoms. The maximum absolute atomic E-state index is 4.59. The average molecular weight is 221 g/mol. The van der Waals surface area contributed by atoms with Gasteiger partial charge in [0.1, 0.15) is 5.69 Å². The van der Waals surface area contributed by atoms with E-state index in [0.29, 0.717) is 0 Å². The summed E-state index contributed by atoms with van der Waals surface area (Å²) in [5, 5.41) is 5.80. The smallest absolute Gasteiger partial charge is 0.0859 e. The maximum Gasteiger partial charge on any atom is 0.238 e. The zero-order valence-corrected chi connectivity index (χ0v) is 9.67. The first-order valence-corrected chi connectivity index (χ1v) is 5.66. The molecule has 0 saturated heterocycles. The molecule has 2 nitrogen and oxygen atoms in total. The minimum atomic E-state index is 1.01. The quantitative estimate of drug-likeness (QED) is 0.577. The Morgan fingerprint density at radius 3 is 2.41 bits per heavy atom. The third-order valence-corrected chi connectivity index (χ3v) is 2.90. The Morgan fingerprint density at radius 2 is 1.59 bits per heavy atom. The van der Waals surface area contributed by atoms with Gasteiger partial charge in [0.05, 0.1) is 5.39 Å². The number of hydrogen-bond acceptors (Lipinski definition) is 1. The van der Waals surface area contributed by atoms with Gasteiger partial charge in [-0.15, -0.1) is 0 Å². The summed E-state index contributed by atoms with van der Waals surface area (Å²) < 4.78 is 1.93. The normalized spacial score (nSPS) is 10.6. The lowest BCUT2D eigenvalue weighted by Gasteiger charge is -2.00. The van der Waals surface area contributed by atoms with Crippen LogP contribution in [0.15, 0.2) is 60.7 Å². The van der Waals surface area contributed by atoms with Crippen LogP contribution in [0.5, 0.6) is 0 Å². The summed E-state index contributed by atoms with van der Waals surface area (Å²) in [6.45, 7) is 0. The van der Waals surface area contributed by atoms with Gasteiger partial charge in [0.25, 0.3) is 0 Å². The van der Waals surface area contributed by atoms with E-state index in [2.05, 4.69) is 41.5 Å². The summed E-state index contributed by atoms with van der Waals surface area (Å²) in [5.74, 6) is 0. The van der Waals surface area contributed by atoms with Crippen LogP contribution in [0.1, 0.15) is 0 Å². The zero-order valence-electron chi connectivity index (χ0n) is 9.67. The third kappa shape index (κ3) is 1.78. The number of nitrogens with zero attached hydrogens (tertiary/aromatic N) is 2. The molecule has 1 aromatic heterocycles. The molecule has 0 aliphatic carbocycles. The lowest BCUT2D eigenvalue weighted by Crippen LogP contribution is -2.34. The first-order chi connectivity index (χ1) is 8.34. The van der Waals surface area contributed by atoms with Crippen molar-refractivity contribution < 1.29 is 4.68 Å². The van der Waals surface area contributed by atoms with Crippen LogP contribution in [0.2, 0.25) is 0 Å². The maximum atomic E-state index is 4.59. The summed E-state index contributed by atoms with van der Waals surface area (Å²) in [4.78, 5) is 0. The molecule has 0 radical (unpaired) electrons. The van der Waals surface area contributed by atoms with Crippen molar-refractivity contribution in [2.45, 2.75) is 0 Å². The van der Waals surface area contributed by atoms with Gasteiger partial charge in [0, 0.05) is 16.7 Å². The van der Waals surface area contributed by atoms with Gasteiger partial charge in [0.2, 0.25) is 5.52 Å². The Hall–Kier alpha value is -2.22. The van der Waals surface area contributed by atoms with Gasteiger partial charge >= 0.3 is 0 Å². The van der Waals surface area contributed by atoms with E-state index in [1.165, 1.54) is 5.39 Å². The van der Waals surface area contributed by atoms with Gasteiger partial charge in [-0.1, -0.05) is 47.1 Å². The van der Waals surface area contributed by atoms with E-state index in [1.54, 1.807) is 0 Å². The minimum absolute atomic E-state index is 1.01. The highest BCUT2D eigenvalue weighted by molar-refractivity contribution is 5.79. The molecule has 1 heterocycles. The molecule has 0 aliphatic rings. The molecule has 2 heteroatoms.